The summed E-state index contributed by atoms with van der Waals surface area (Å²) in [6.07, 6.45) is 3.85. The lowest BCUT2D eigenvalue weighted by atomic mass is 10.0. The summed E-state index contributed by atoms with van der Waals surface area (Å²) in [6, 6.07) is 14.5. The Morgan fingerprint density at radius 2 is 1.66 bits per heavy atom. The summed E-state index contributed by atoms with van der Waals surface area (Å²) in [5.74, 6) is 0.727. The minimum Gasteiger partial charge on any atom is -0.457 e. The maximum absolute atomic E-state index is 12.4. The second-order valence-electron chi connectivity index (χ2n) is 7.58. The molecule has 160 valence electrons. The monoisotopic (exact) mass is 491 g/mol. The van der Waals surface area contributed by atoms with Gasteiger partial charge < -0.3 is 14.3 Å². The van der Waals surface area contributed by atoms with Crippen LogP contribution in [0.2, 0.25) is 0 Å². The first kappa shape index (κ1) is 20.3. The summed E-state index contributed by atoms with van der Waals surface area (Å²) in [4.78, 5) is 41.0. The van der Waals surface area contributed by atoms with E-state index in [-0.39, 0.29) is 30.2 Å². The van der Waals surface area contributed by atoms with Gasteiger partial charge in [-0.1, -0.05) is 15.9 Å². The molecule has 0 saturated carbocycles. The highest BCUT2D eigenvalue weighted by atomic mass is 79.9. The molecule has 4 aromatic rings. The number of imide groups is 1. The Hall–Kier alpha value is -3.65. The molecule has 0 bridgehead atoms. The van der Waals surface area contributed by atoms with E-state index in [0.29, 0.717) is 28.3 Å². The number of aromatic nitrogens is 2. The predicted octanol–water partition coefficient (Wildman–Crippen LogP) is 4.74. The third kappa shape index (κ3) is 3.42. The molecule has 0 radical (unpaired) electrons. The van der Waals surface area contributed by atoms with Gasteiger partial charge in [0.05, 0.1) is 5.69 Å². The topological polar surface area (TPSA) is 84.4 Å². The Morgan fingerprint density at radius 3 is 2.38 bits per heavy atom. The summed E-state index contributed by atoms with van der Waals surface area (Å²) < 4.78 is 8.86. The zero-order valence-electron chi connectivity index (χ0n) is 17.1. The number of carbonyl (C=O) groups is 2. The molecule has 1 fully saturated rings. The zero-order chi connectivity index (χ0) is 22.4. The van der Waals surface area contributed by atoms with Gasteiger partial charge in [0, 0.05) is 53.3 Å². The van der Waals surface area contributed by atoms with Gasteiger partial charge in [-0.25, -0.2) is 0 Å². The number of aryl methyl sites for hydroxylation is 1. The van der Waals surface area contributed by atoms with Crippen molar-refractivity contribution >= 4 is 44.3 Å². The molecule has 7 nitrogen and oxygen atoms in total. The second kappa shape index (κ2) is 7.80. The van der Waals surface area contributed by atoms with Gasteiger partial charge in [-0.05, 0) is 48.5 Å². The molecular weight excluding hydrogens is 474 g/mol. The summed E-state index contributed by atoms with van der Waals surface area (Å²) in [5.41, 5.74) is 2.25. The van der Waals surface area contributed by atoms with Crippen molar-refractivity contribution < 1.29 is 14.3 Å². The van der Waals surface area contributed by atoms with Gasteiger partial charge in [-0.3, -0.25) is 19.3 Å². The minimum absolute atomic E-state index is 0.201. The number of nitrogens with one attached hydrogen (secondary N) is 1. The molecule has 0 spiro atoms. The molecule has 1 aliphatic rings. The van der Waals surface area contributed by atoms with Crippen molar-refractivity contribution in [3.8, 4) is 22.6 Å². The molecule has 32 heavy (non-hydrogen) atoms. The zero-order valence-corrected chi connectivity index (χ0v) is 18.7. The fourth-order valence-corrected chi connectivity index (χ4v) is 4.30. The van der Waals surface area contributed by atoms with Crippen LogP contribution in [0.1, 0.15) is 12.8 Å². The SMILES string of the molecule is Cn1cc(-c2cc(N3C(=O)CCC3=O)ccc2Oc2ccc(Br)cc2)c2cc[nH]c(=O)c21. The van der Waals surface area contributed by atoms with E-state index in [2.05, 4.69) is 20.9 Å². The summed E-state index contributed by atoms with van der Waals surface area (Å²) in [7, 11) is 1.80. The van der Waals surface area contributed by atoms with E-state index in [0.717, 1.165) is 15.4 Å². The van der Waals surface area contributed by atoms with Gasteiger partial charge in [0.25, 0.3) is 5.56 Å². The lowest BCUT2D eigenvalue weighted by Crippen LogP contribution is -2.28. The van der Waals surface area contributed by atoms with E-state index in [1.54, 1.807) is 36.0 Å². The number of halogens is 1. The van der Waals surface area contributed by atoms with Gasteiger partial charge in [0.1, 0.15) is 17.0 Å². The normalized spacial score (nSPS) is 13.9. The first-order chi connectivity index (χ1) is 15.4. The number of anilines is 1. The van der Waals surface area contributed by atoms with Gasteiger partial charge in [0.2, 0.25) is 11.8 Å². The molecule has 2 aromatic heterocycles. The molecule has 0 aliphatic carbocycles. The van der Waals surface area contributed by atoms with Crippen molar-refractivity contribution in [2.45, 2.75) is 12.8 Å². The van der Waals surface area contributed by atoms with E-state index in [4.69, 9.17) is 4.74 Å². The Balaban J connectivity index is 1.71. The Labute approximate surface area is 191 Å². The number of rotatable bonds is 4. The number of ether oxygens (including phenoxy) is 1. The number of fused-ring (bicyclic) bond motifs is 1. The molecule has 3 heterocycles. The first-order valence-corrected chi connectivity index (χ1v) is 10.8. The predicted molar refractivity (Wildman–Crippen MR) is 125 cm³/mol. The van der Waals surface area contributed by atoms with E-state index < -0.39 is 0 Å². The minimum atomic E-state index is -0.225. The number of amides is 2. The highest BCUT2D eigenvalue weighted by Gasteiger charge is 2.31. The van der Waals surface area contributed by atoms with Crippen LogP contribution in [0.5, 0.6) is 11.5 Å². The summed E-state index contributed by atoms with van der Waals surface area (Å²) in [6.45, 7) is 0. The highest BCUT2D eigenvalue weighted by molar-refractivity contribution is 9.10. The van der Waals surface area contributed by atoms with E-state index in [9.17, 15) is 14.4 Å². The Morgan fingerprint density at radius 1 is 0.938 bits per heavy atom. The van der Waals surface area contributed by atoms with Crippen LogP contribution in [0.4, 0.5) is 5.69 Å². The number of hydrogen-bond donors (Lipinski definition) is 1. The van der Waals surface area contributed by atoms with Gasteiger partial charge in [0.15, 0.2) is 0 Å². The molecule has 1 aliphatic heterocycles. The van der Waals surface area contributed by atoms with Crippen LogP contribution in [-0.4, -0.2) is 21.4 Å². The standard InChI is InChI=1S/C24H18BrN3O4/c1-27-13-19(17-10-11-26-24(31)23(17)27)18-12-15(28-21(29)8-9-22(28)30)4-7-20(18)32-16-5-2-14(25)3-6-16/h2-7,10-13H,8-9H2,1H3,(H,26,31). The van der Waals surface area contributed by atoms with Crippen molar-refractivity contribution in [3.05, 3.63) is 75.8 Å². The van der Waals surface area contributed by atoms with Gasteiger partial charge in [-0.15, -0.1) is 0 Å². The molecule has 2 aromatic carbocycles. The maximum atomic E-state index is 12.4. The quantitative estimate of drug-likeness (QED) is 0.417. The second-order valence-corrected chi connectivity index (χ2v) is 8.50. The number of nitrogens with zero attached hydrogens (tertiary/aromatic N) is 2. The highest BCUT2D eigenvalue weighted by Crippen LogP contribution is 2.40. The molecule has 8 heteroatoms. The molecule has 1 N–H and O–H groups in total. The van der Waals surface area contributed by atoms with Crippen molar-refractivity contribution in [2.24, 2.45) is 7.05 Å². The van der Waals surface area contributed by atoms with Crippen molar-refractivity contribution in [1.29, 1.82) is 0 Å². The number of pyridine rings is 1. The number of carbonyl (C=O) groups excluding carboxylic acids is 2. The Bertz CT molecular complexity index is 1420. The average molecular weight is 492 g/mol. The van der Waals surface area contributed by atoms with Gasteiger partial charge in [-0.2, -0.15) is 0 Å². The third-order valence-corrected chi connectivity index (χ3v) is 6.03. The van der Waals surface area contributed by atoms with Crippen molar-refractivity contribution in [1.82, 2.24) is 9.55 Å². The largest absolute Gasteiger partial charge is 0.457 e. The van der Waals surface area contributed by atoms with Crippen LogP contribution in [0.3, 0.4) is 0 Å². The fraction of sp³-hybridized carbons (Fsp3) is 0.125. The van der Waals surface area contributed by atoms with Crippen molar-refractivity contribution in [3.63, 3.8) is 0 Å². The molecule has 2 amide bonds. The third-order valence-electron chi connectivity index (χ3n) is 5.50. The van der Waals surface area contributed by atoms with E-state index in [1.807, 2.05) is 36.5 Å². The van der Waals surface area contributed by atoms with Crippen molar-refractivity contribution in [2.75, 3.05) is 4.90 Å². The molecule has 0 atom stereocenters. The smallest absolute Gasteiger partial charge is 0.272 e. The van der Waals surface area contributed by atoms with Crippen LogP contribution in [0.25, 0.3) is 22.0 Å². The number of hydrogen-bond acceptors (Lipinski definition) is 4. The summed E-state index contributed by atoms with van der Waals surface area (Å²) >= 11 is 3.42. The van der Waals surface area contributed by atoms with Crippen LogP contribution in [-0.2, 0) is 16.6 Å². The van der Waals surface area contributed by atoms with Crippen LogP contribution in [0, 0.1) is 0 Å². The molecule has 0 unspecified atom stereocenters. The molecule has 5 rings (SSSR count). The fourth-order valence-electron chi connectivity index (χ4n) is 4.03. The molecule has 1 saturated heterocycles. The number of H-pyrrole nitrogens is 1. The lowest BCUT2D eigenvalue weighted by molar-refractivity contribution is -0.121. The Kier molecular flexibility index (Phi) is 4.94. The number of aromatic amines is 1. The van der Waals surface area contributed by atoms with Crippen LogP contribution < -0.4 is 15.2 Å². The van der Waals surface area contributed by atoms with Gasteiger partial charge >= 0.3 is 0 Å². The maximum Gasteiger partial charge on any atom is 0.272 e. The van der Waals surface area contributed by atoms with E-state index in [1.165, 1.54) is 4.90 Å². The van der Waals surface area contributed by atoms with Crippen LogP contribution in [0.15, 0.2) is 70.2 Å². The molecular formula is C24H18BrN3O4. The average Bonchev–Trinajstić information content (AvgIpc) is 3.29. The number of benzene rings is 2. The lowest BCUT2D eigenvalue weighted by Gasteiger charge is -2.18. The van der Waals surface area contributed by atoms with Crippen LogP contribution >= 0.6 is 15.9 Å². The van der Waals surface area contributed by atoms with E-state index >= 15 is 0 Å². The first-order valence-electron chi connectivity index (χ1n) is 10.0. The summed E-state index contributed by atoms with van der Waals surface area (Å²) in [5, 5.41) is 0.744.